The highest BCUT2D eigenvalue weighted by atomic mass is 32.2. The van der Waals surface area contributed by atoms with E-state index in [1.165, 1.54) is 6.26 Å². The minimum atomic E-state index is -3.35. The van der Waals surface area contributed by atoms with E-state index in [9.17, 15) is 8.42 Å². The van der Waals surface area contributed by atoms with Crippen LogP contribution >= 0.6 is 0 Å². The number of nitrogens with zero attached hydrogens (tertiary/aromatic N) is 2. The zero-order valence-electron chi connectivity index (χ0n) is 12.5. The van der Waals surface area contributed by atoms with E-state index < -0.39 is 9.84 Å². The van der Waals surface area contributed by atoms with Gasteiger partial charge in [-0.15, -0.1) is 0 Å². The number of imidazole rings is 1. The van der Waals surface area contributed by atoms with E-state index in [0.29, 0.717) is 18.1 Å². The number of para-hydroxylation sites is 1. The number of nitrogens with two attached hydrogens (primary N) is 1. The highest BCUT2D eigenvalue weighted by molar-refractivity contribution is 7.91. The Balaban J connectivity index is 2.68. The molecule has 0 spiro atoms. The molecule has 116 valence electrons. The third-order valence-electron chi connectivity index (χ3n) is 3.46. The van der Waals surface area contributed by atoms with Crippen LogP contribution in [0.25, 0.3) is 11.0 Å². The summed E-state index contributed by atoms with van der Waals surface area (Å²) in [7, 11) is -1.71. The van der Waals surface area contributed by atoms with Gasteiger partial charge in [0.05, 0.1) is 23.1 Å². The molecule has 1 aromatic heterocycles. The number of ether oxygens (including phenoxy) is 1. The SMILES string of the molecule is CCCC(COC)n1c(N)nc2c(S(C)(=O)=O)cccc21. The molecule has 0 aliphatic heterocycles. The summed E-state index contributed by atoms with van der Waals surface area (Å²) in [6.07, 6.45) is 3.03. The highest BCUT2D eigenvalue weighted by Crippen LogP contribution is 2.29. The van der Waals surface area contributed by atoms with Crippen LogP contribution in [0.4, 0.5) is 5.95 Å². The number of rotatable bonds is 6. The van der Waals surface area contributed by atoms with Crippen LogP contribution in [0.15, 0.2) is 23.1 Å². The Morgan fingerprint density at radius 3 is 2.71 bits per heavy atom. The summed E-state index contributed by atoms with van der Waals surface area (Å²) in [6, 6.07) is 5.15. The molecule has 1 heterocycles. The lowest BCUT2D eigenvalue weighted by molar-refractivity contribution is 0.153. The Labute approximate surface area is 124 Å². The lowest BCUT2D eigenvalue weighted by Gasteiger charge is -2.19. The minimum Gasteiger partial charge on any atom is -0.383 e. The Morgan fingerprint density at radius 1 is 1.43 bits per heavy atom. The predicted molar refractivity (Wildman–Crippen MR) is 83.1 cm³/mol. The second-order valence-corrected chi connectivity index (χ2v) is 7.12. The maximum Gasteiger partial charge on any atom is 0.201 e. The van der Waals surface area contributed by atoms with Crippen LogP contribution < -0.4 is 5.73 Å². The molecule has 1 aromatic carbocycles. The lowest BCUT2D eigenvalue weighted by Crippen LogP contribution is -2.16. The van der Waals surface area contributed by atoms with Crippen molar-refractivity contribution in [1.82, 2.24) is 9.55 Å². The summed E-state index contributed by atoms with van der Waals surface area (Å²) in [5, 5.41) is 0. The molecule has 0 bridgehead atoms. The van der Waals surface area contributed by atoms with Gasteiger partial charge in [0.25, 0.3) is 0 Å². The van der Waals surface area contributed by atoms with E-state index >= 15 is 0 Å². The molecule has 2 rings (SSSR count). The zero-order valence-corrected chi connectivity index (χ0v) is 13.4. The Hall–Kier alpha value is -1.60. The number of hydrogen-bond acceptors (Lipinski definition) is 5. The van der Waals surface area contributed by atoms with Crippen molar-refractivity contribution in [2.75, 3.05) is 25.7 Å². The van der Waals surface area contributed by atoms with Gasteiger partial charge in [0.1, 0.15) is 5.52 Å². The van der Waals surface area contributed by atoms with Crippen molar-refractivity contribution in [2.24, 2.45) is 0 Å². The number of nitrogen functional groups attached to an aromatic ring is 1. The maximum absolute atomic E-state index is 11.9. The fraction of sp³-hybridized carbons (Fsp3) is 0.500. The van der Waals surface area contributed by atoms with Crippen LogP contribution in [-0.4, -0.2) is 37.9 Å². The third kappa shape index (κ3) is 3.03. The zero-order chi connectivity index (χ0) is 15.6. The van der Waals surface area contributed by atoms with Crippen molar-refractivity contribution in [3.63, 3.8) is 0 Å². The first-order valence-electron chi connectivity index (χ1n) is 6.85. The first kappa shape index (κ1) is 15.8. The molecule has 0 amide bonds. The summed E-state index contributed by atoms with van der Waals surface area (Å²) < 4.78 is 30.9. The fourth-order valence-electron chi connectivity index (χ4n) is 2.60. The number of benzene rings is 1. The molecular weight excluding hydrogens is 290 g/mol. The molecule has 7 heteroatoms. The first-order chi connectivity index (χ1) is 9.90. The summed E-state index contributed by atoms with van der Waals surface area (Å²) in [5.74, 6) is 0.316. The van der Waals surface area contributed by atoms with Gasteiger partial charge >= 0.3 is 0 Å². The summed E-state index contributed by atoms with van der Waals surface area (Å²) in [5.41, 5.74) is 7.18. The van der Waals surface area contributed by atoms with Crippen molar-refractivity contribution in [2.45, 2.75) is 30.7 Å². The van der Waals surface area contributed by atoms with Gasteiger partial charge in [0.2, 0.25) is 5.95 Å². The van der Waals surface area contributed by atoms with Gasteiger partial charge in [-0.2, -0.15) is 0 Å². The number of sulfone groups is 1. The van der Waals surface area contributed by atoms with Crippen molar-refractivity contribution in [3.05, 3.63) is 18.2 Å². The van der Waals surface area contributed by atoms with Crippen molar-refractivity contribution in [3.8, 4) is 0 Å². The Morgan fingerprint density at radius 2 is 2.14 bits per heavy atom. The van der Waals surface area contributed by atoms with Gasteiger partial charge in [0, 0.05) is 13.4 Å². The van der Waals surface area contributed by atoms with Gasteiger partial charge < -0.3 is 15.0 Å². The smallest absolute Gasteiger partial charge is 0.201 e. The molecule has 0 saturated carbocycles. The largest absolute Gasteiger partial charge is 0.383 e. The summed E-state index contributed by atoms with van der Waals surface area (Å²) in [4.78, 5) is 4.48. The molecule has 0 saturated heterocycles. The van der Waals surface area contributed by atoms with Crippen LogP contribution in [0.5, 0.6) is 0 Å². The summed E-state index contributed by atoms with van der Waals surface area (Å²) in [6.45, 7) is 2.59. The van der Waals surface area contributed by atoms with Gasteiger partial charge in [-0.05, 0) is 18.6 Å². The highest BCUT2D eigenvalue weighted by Gasteiger charge is 2.21. The normalized spacial score (nSPS) is 13.7. The van der Waals surface area contributed by atoms with E-state index in [4.69, 9.17) is 10.5 Å². The van der Waals surface area contributed by atoms with Crippen LogP contribution in [-0.2, 0) is 14.6 Å². The van der Waals surface area contributed by atoms with Gasteiger partial charge in [-0.25, -0.2) is 13.4 Å². The molecule has 0 radical (unpaired) electrons. The van der Waals surface area contributed by atoms with Gasteiger partial charge in [-0.1, -0.05) is 19.4 Å². The van der Waals surface area contributed by atoms with Crippen molar-refractivity contribution in [1.29, 1.82) is 0 Å². The predicted octanol–water partition coefficient (Wildman–Crippen LogP) is 2.01. The molecule has 21 heavy (non-hydrogen) atoms. The molecular formula is C14H21N3O3S. The Kier molecular flexibility index (Phi) is 4.53. The molecule has 1 unspecified atom stereocenters. The third-order valence-corrected chi connectivity index (χ3v) is 4.58. The number of fused-ring (bicyclic) bond motifs is 1. The quantitative estimate of drug-likeness (QED) is 0.881. The Bertz CT molecular complexity index is 731. The van der Waals surface area contributed by atoms with E-state index in [-0.39, 0.29) is 10.9 Å². The molecule has 0 aliphatic rings. The molecule has 0 fully saturated rings. The fourth-order valence-corrected chi connectivity index (χ4v) is 3.43. The maximum atomic E-state index is 11.9. The average molecular weight is 311 g/mol. The number of methoxy groups -OCH3 is 1. The number of hydrogen-bond donors (Lipinski definition) is 1. The second-order valence-electron chi connectivity index (χ2n) is 5.13. The lowest BCUT2D eigenvalue weighted by atomic mass is 10.1. The molecule has 0 aliphatic carbocycles. The van der Waals surface area contributed by atoms with Crippen LogP contribution in [0, 0.1) is 0 Å². The number of anilines is 1. The minimum absolute atomic E-state index is 0.0415. The van der Waals surface area contributed by atoms with Gasteiger partial charge in [0.15, 0.2) is 9.84 Å². The monoisotopic (exact) mass is 311 g/mol. The van der Waals surface area contributed by atoms with Crippen LogP contribution in [0.3, 0.4) is 0 Å². The molecule has 2 N–H and O–H groups in total. The average Bonchev–Trinajstić information content (AvgIpc) is 2.72. The van der Waals surface area contributed by atoms with Crippen molar-refractivity contribution >= 4 is 26.8 Å². The van der Waals surface area contributed by atoms with E-state index in [1.54, 1.807) is 19.2 Å². The molecule has 6 nitrogen and oxygen atoms in total. The van der Waals surface area contributed by atoms with Crippen LogP contribution in [0.1, 0.15) is 25.8 Å². The van der Waals surface area contributed by atoms with Crippen LogP contribution in [0.2, 0.25) is 0 Å². The van der Waals surface area contributed by atoms with Crippen molar-refractivity contribution < 1.29 is 13.2 Å². The molecule has 1 atom stereocenters. The first-order valence-corrected chi connectivity index (χ1v) is 8.74. The van der Waals surface area contributed by atoms with E-state index in [1.807, 2.05) is 10.6 Å². The van der Waals surface area contributed by atoms with Gasteiger partial charge in [-0.3, -0.25) is 0 Å². The molecule has 2 aromatic rings. The topological polar surface area (TPSA) is 87.2 Å². The van der Waals surface area contributed by atoms with E-state index in [2.05, 4.69) is 11.9 Å². The standard InChI is InChI=1S/C14H21N3O3S/c1-4-6-10(9-20-2)17-11-7-5-8-12(21(3,18)19)13(11)16-14(17)15/h5,7-8,10H,4,6,9H2,1-3H3,(H2,15,16). The van der Waals surface area contributed by atoms with E-state index in [0.717, 1.165) is 18.4 Å². The summed E-state index contributed by atoms with van der Waals surface area (Å²) >= 11 is 0. The number of aromatic nitrogens is 2. The second kappa shape index (κ2) is 6.03.